The van der Waals surface area contributed by atoms with Crippen LogP contribution >= 0.6 is 11.3 Å². The Hall–Kier alpha value is -2.80. The number of hydrogen-bond acceptors (Lipinski definition) is 5. The average Bonchev–Trinajstić information content (AvgIpc) is 3.35. The maximum Gasteiger partial charge on any atom is 0.238 e. The van der Waals surface area contributed by atoms with E-state index in [4.69, 9.17) is 9.97 Å². The molecule has 0 atom stereocenters. The molecule has 136 valence electrons. The molecule has 0 radical (unpaired) electrons. The van der Waals surface area contributed by atoms with Gasteiger partial charge in [0.05, 0.1) is 5.39 Å². The van der Waals surface area contributed by atoms with Crippen molar-refractivity contribution in [3.05, 3.63) is 64.8 Å². The molecule has 0 saturated heterocycles. The van der Waals surface area contributed by atoms with Crippen LogP contribution in [-0.2, 0) is 19.4 Å². The van der Waals surface area contributed by atoms with E-state index in [1.54, 1.807) is 36.0 Å². The molecule has 1 aromatic carbocycles. The number of nitrogens with zero attached hydrogens (tertiary/aromatic N) is 4. The maximum atomic E-state index is 13.2. The fraction of sp³-hybridized carbons (Fsp3) is 0.250. The van der Waals surface area contributed by atoms with Gasteiger partial charge in [0.15, 0.2) is 0 Å². The van der Waals surface area contributed by atoms with Crippen LogP contribution in [0.2, 0.25) is 0 Å². The minimum Gasteiger partial charge on any atom is -0.365 e. The molecular formula is C20H18FN5S. The number of fused-ring (bicyclic) bond motifs is 3. The van der Waals surface area contributed by atoms with Crippen LogP contribution in [0.3, 0.4) is 0 Å². The lowest BCUT2D eigenvalue weighted by atomic mass is 9.97. The van der Waals surface area contributed by atoms with Crippen molar-refractivity contribution < 1.29 is 4.39 Å². The fourth-order valence-corrected chi connectivity index (χ4v) is 4.81. The average molecular weight is 379 g/mol. The lowest BCUT2D eigenvalue weighted by molar-refractivity contribution is 0.627. The molecule has 5 rings (SSSR count). The van der Waals surface area contributed by atoms with Gasteiger partial charge in [0.1, 0.15) is 22.8 Å². The van der Waals surface area contributed by atoms with Crippen molar-refractivity contribution in [2.45, 2.75) is 32.2 Å². The van der Waals surface area contributed by atoms with Crippen LogP contribution in [0.25, 0.3) is 16.2 Å². The van der Waals surface area contributed by atoms with Crippen molar-refractivity contribution in [2.24, 2.45) is 0 Å². The fourth-order valence-electron chi connectivity index (χ4n) is 3.56. The van der Waals surface area contributed by atoms with E-state index in [1.807, 2.05) is 10.8 Å². The summed E-state index contributed by atoms with van der Waals surface area (Å²) in [7, 11) is 0. The van der Waals surface area contributed by atoms with Crippen LogP contribution in [-0.4, -0.2) is 19.5 Å². The second-order valence-corrected chi connectivity index (χ2v) is 7.80. The minimum atomic E-state index is -0.225. The highest BCUT2D eigenvalue weighted by atomic mass is 32.1. The Morgan fingerprint density at radius 1 is 1.11 bits per heavy atom. The van der Waals surface area contributed by atoms with Gasteiger partial charge in [-0.1, -0.05) is 12.1 Å². The van der Waals surface area contributed by atoms with Gasteiger partial charge in [0.2, 0.25) is 5.95 Å². The Morgan fingerprint density at radius 3 is 2.78 bits per heavy atom. The van der Waals surface area contributed by atoms with Gasteiger partial charge in [-0.15, -0.1) is 11.3 Å². The number of aryl methyl sites for hydroxylation is 2. The highest BCUT2D eigenvalue weighted by Gasteiger charge is 2.21. The molecule has 0 saturated carbocycles. The number of thiophene rings is 1. The monoisotopic (exact) mass is 379 g/mol. The molecule has 0 fully saturated rings. The zero-order valence-electron chi connectivity index (χ0n) is 14.7. The van der Waals surface area contributed by atoms with Gasteiger partial charge in [-0.05, 0) is 48.9 Å². The Bertz CT molecular complexity index is 1090. The number of halogens is 1. The van der Waals surface area contributed by atoms with E-state index < -0.39 is 0 Å². The third-order valence-corrected chi connectivity index (χ3v) is 6.10. The van der Waals surface area contributed by atoms with Crippen molar-refractivity contribution in [1.82, 2.24) is 19.5 Å². The molecule has 1 aliphatic carbocycles. The van der Waals surface area contributed by atoms with Crippen molar-refractivity contribution in [3.8, 4) is 5.95 Å². The first-order chi connectivity index (χ1) is 13.3. The summed E-state index contributed by atoms with van der Waals surface area (Å²) in [5, 5.41) is 4.60. The van der Waals surface area contributed by atoms with Gasteiger partial charge in [0.25, 0.3) is 0 Å². The van der Waals surface area contributed by atoms with Crippen LogP contribution in [0.5, 0.6) is 0 Å². The van der Waals surface area contributed by atoms with Crippen LogP contribution in [0.15, 0.2) is 43.0 Å². The van der Waals surface area contributed by atoms with Gasteiger partial charge in [0, 0.05) is 23.8 Å². The largest absolute Gasteiger partial charge is 0.365 e. The van der Waals surface area contributed by atoms with Crippen LogP contribution in [0.4, 0.5) is 10.2 Å². The lowest BCUT2D eigenvalue weighted by Crippen LogP contribution is -2.07. The summed E-state index contributed by atoms with van der Waals surface area (Å²) in [4.78, 5) is 16.1. The highest BCUT2D eigenvalue weighted by Crippen LogP contribution is 2.39. The summed E-state index contributed by atoms with van der Waals surface area (Å²) in [6.45, 7) is 0.584. The molecule has 0 bridgehead atoms. The van der Waals surface area contributed by atoms with E-state index in [2.05, 4.69) is 10.3 Å². The Kier molecular flexibility index (Phi) is 4.09. The zero-order valence-corrected chi connectivity index (χ0v) is 15.5. The van der Waals surface area contributed by atoms with Crippen molar-refractivity contribution in [1.29, 1.82) is 0 Å². The first kappa shape index (κ1) is 16.4. The SMILES string of the molecule is Fc1ccc(CNc2nc(-n3ccnc3)nc3sc4c(c23)CCCC4)cc1. The first-order valence-corrected chi connectivity index (χ1v) is 9.88. The van der Waals surface area contributed by atoms with Crippen LogP contribution in [0, 0.1) is 5.82 Å². The number of benzene rings is 1. The molecule has 0 aliphatic heterocycles. The number of imidazole rings is 1. The number of hydrogen-bond donors (Lipinski definition) is 1. The Balaban J connectivity index is 1.59. The number of rotatable bonds is 4. The smallest absolute Gasteiger partial charge is 0.238 e. The van der Waals surface area contributed by atoms with Gasteiger partial charge in [-0.2, -0.15) is 4.98 Å². The third kappa shape index (κ3) is 3.08. The predicted molar refractivity (Wildman–Crippen MR) is 105 cm³/mol. The van der Waals surface area contributed by atoms with Gasteiger partial charge < -0.3 is 5.32 Å². The molecule has 27 heavy (non-hydrogen) atoms. The van der Waals surface area contributed by atoms with Gasteiger partial charge in [-0.3, -0.25) is 4.57 Å². The van der Waals surface area contributed by atoms with E-state index in [0.717, 1.165) is 34.4 Å². The molecule has 7 heteroatoms. The molecule has 0 unspecified atom stereocenters. The molecule has 5 nitrogen and oxygen atoms in total. The summed E-state index contributed by atoms with van der Waals surface area (Å²) in [5.41, 5.74) is 2.40. The minimum absolute atomic E-state index is 0.225. The van der Waals surface area contributed by atoms with Crippen molar-refractivity contribution in [3.63, 3.8) is 0 Å². The van der Waals surface area contributed by atoms with E-state index in [-0.39, 0.29) is 5.82 Å². The molecule has 1 aliphatic rings. The zero-order chi connectivity index (χ0) is 18.2. The second-order valence-electron chi connectivity index (χ2n) is 6.71. The first-order valence-electron chi connectivity index (χ1n) is 9.07. The summed E-state index contributed by atoms with van der Waals surface area (Å²) in [6.07, 6.45) is 9.91. The molecule has 1 N–H and O–H groups in total. The standard InChI is InChI=1S/C20H18FN5S/c21-14-7-5-13(6-8-14)11-23-18-17-15-3-1-2-4-16(15)27-19(17)25-20(24-18)26-10-9-22-12-26/h5-10,12H,1-4,11H2,(H,23,24,25). The van der Waals surface area contributed by atoms with Crippen LogP contribution in [0.1, 0.15) is 28.8 Å². The van der Waals surface area contributed by atoms with E-state index in [1.165, 1.54) is 35.4 Å². The van der Waals surface area contributed by atoms with E-state index in [0.29, 0.717) is 12.5 Å². The number of anilines is 1. The molecular weight excluding hydrogens is 361 g/mol. The number of aromatic nitrogens is 4. The van der Waals surface area contributed by atoms with Crippen LogP contribution < -0.4 is 5.32 Å². The molecule has 3 aromatic heterocycles. The molecule has 0 amide bonds. The van der Waals surface area contributed by atoms with Crippen molar-refractivity contribution >= 4 is 27.4 Å². The molecule has 0 spiro atoms. The molecule has 3 heterocycles. The predicted octanol–water partition coefficient (Wildman–Crippen LogP) is 4.51. The lowest BCUT2D eigenvalue weighted by Gasteiger charge is -2.13. The summed E-state index contributed by atoms with van der Waals surface area (Å²) < 4.78 is 15.0. The number of nitrogens with one attached hydrogen (secondary N) is 1. The Morgan fingerprint density at radius 2 is 1.96 bits per heavy atom. The van der Waals surface area contributed by atoms with Crippen molar-refractivity contribution in [2.75, 3.05) is 5.32 Å². The Labute approximate surface area is 159 Å². The van der Waals surface area contributed by atoms with E-state index in [9.17, 15) is 4.39 Å². The van der Waals surface area contributed by atoms with E-state index >= 15 is 0 Å². The summed E-state index contributed by atoms with van der Waals surface area (Å²) >= 11 is 1.77. The maximum absolute atomic E-state index is 13.2. The summed E-state index contributed by atoms with van der Waals surface area (Å²) in [6, 6.07) is 6.55. The second kappa shape index (κ2) is 6.74. The third-order valence-electron chi connectivity index (χ3n) is 4.91. The van der Waals surface area contributed by atoms with Gasteiger partial charge in [-0.25, -0.2) is 14.4 Å². The quantitative estimate of drug-likeness (QED) is 0.567. The molecule has 4 aromatic rings. The van der Waals surface area contributed by atoms with Gasteiger partial charge >= 0.3 is 0 Å². The highest BCUT2D eigenvalue weighted by molar-refractivity contribution is 7.19. The summed E-state index contributed by atoms with van der Waals surface area (Å²) in [5.74, 6) is 1.23. The normalized spacial score (nSPS) is 13.7. The topological polar surface area (TPSA) is 55.6 Å².